The number of nitrogens with zero attached hydrogens (tertiary/aromatic N) is 3. The molecule has 34 heavy (non-hydrogen) atoms. The minimum absolute atomic E-state index is 0.0620. The monoisotopic (exact) mass is 481 g/mol. The number of methoxy groups -OCH3 is 1. The molecular formula is C26H32ClN5O2. The first-order valence-electron chi connectivity index (χ1n) is 11.6. The summed E-state index contributed by atoms with van der Waals surface area (Å²) in [4.78, 5) is 15.5. The Hall–Kier alpha value is -2.87. The lowest BCUT2D eigenvalue weighted by Crippen LogP contribution is -2.42. The number of nitrogens with one attached hydrogen (secondary N) is 2. The fourth-order valence-corrected chi connectivity index (χ4v) is 4.57. The summed E-state index contributed by atoms with van der Waals surface area (Å²) in [6.45, 7) is 7.20. The fourth-order valence-electron chi connectivity index (χ4n) is 4.37. The van der Waals surface area contributed by atoms with Gasteiger partial charge in [0.1, 0.15) is 5.82 Å². The number of hydrogen-bond acceptors (Lipinski definition) is 4. The Bertz CT molecular complexity index is 1100. The van der Waals surface area contributed by atoms with Gasteiger partial charge in [-0.2, -0.15) is 5.10 Å². The molecule has 7 nitrogen and oxygen atoms in total. The third-order valence-electron chi connectivity index (χ3n) is 6.16. The van der Waals surface area contributed by atoms with Gasteiger partial charge in [-0.05, 0) is 35.7 Å². The highest BCUT2D eigenvalue weighted by molar-refractivity contribution is 6.30. The van der Waals surface area contributed by atoms with Crippen LogP contribution in [0.1, 0.15) is 36.9 Å². The van der Waals surface area contributed by atoms with E-state index < -0.39 is 0 Å². The van der Waals surface area contributed by atoms with Crippen molar-refractivity contribution in [3.63, 3.8) is 0 Å². The zero-order chi connectivity index (χ0) is 24.1. The minimum Gasteiger partial charge on any atom is -0.383 e. The summed E-state index contributed by atoms with van der Waals surface area (Å²) in [5.41, 5.74) is 2.94. The summed E-state index contributed by atoms with van der Waals surface area (Å²) >= 11 is 6.26. The predicted octanol–water partition coefficient (Wildman–Crippen LogP) is 4.89. The number of ether oxygens (including phenoxy) is 1. The molecule has 2 amide bonds. The largest absolute Gasteiger partial charge is 0.383 e. The van der Waals surface area contributed by atoms with Crippen LogP contribution in [0.2, 0.25) is 5.02 Å². The van der Waals surface area contributed by atoms with Crippen LogP contribution in [0.5, 0.6) is 0 Å². The van der Waals surface area contributed by atoms with Crippen LogP contribution in [0.3, 0.4) is 0 Å². The standard InChI is InChI=1S/C26H32ClN5O2/c1-18(2)23-15-25(32(30-23)21-10-5-4-6-11-21)29-26(33)28-24-17-31(12-13-34-3)16-22(24)19-8-7-9-20(27)14-19/h4-11,14-15,18,22,24H,12-13,16-17H2,1-3H3,(H2,28,29,33)/t22-,24+/m0/s1. The quantitative estimate of drug-likeness (QED) is 0.480. The molecule has 2 N–H and O–H groups in total. The Morgan fingerprint density at radius 1 is 1.15 bits per heavy atom. The van der Waals surface area contributed by atoms with Crippen molar-refractivity contribution in [2.75, 3.05) is 38.7 Å². The number of urea groups is 1. The van der Waals surface area contributed by atoms with Gasteiger partial charge in [0.05, 0.1) is 24.0 Å². The van der Waals surface area contributed by atoms with Gasteiger partial charge < -0.3 is 10.1 Å². The van der Waals surface area contributed by atoms with Crippen molar-refractivity contribution in [3.8, 4) is 5.69 Å². The van der Waals surface area contributed by atoms with Crippen LogP contribution in [-0.2, 0) is 4.74 Å². The van der Waals surface area contributed by atoms with Gasteiger partial charge in [0.25, 0.3) is 0 Å². The molecule has 8 heteroatoms. The van der Waals surface area contributed by atoms with Gasteiger partial charge >= 0.3 is 6.03 Å². The Morgan fingerprint density at radius 2 is 1.94 bits per heavy atom. The van der Waals surface area contributed by atoms with Crippen LogP contribution in [0.4, 0.5) is 10.6 Å². The summed E-state index contributed by atoms with van der Waals surface area (Å²) in [6.07, 6.45) is 0. The van der Waals surface area contributed by atoms with Gasteiger partial charge in [0.15, 0.2) is 0 Å². The Kier molecular flexibility index (Phi) is 7.88. The van der Waals surface area contributed by atoms with E-state index in [0.717, 1.165) is 36.6 Å². The van der Waals surface area contributed by atoms with Crippen molar-refractivity contribution in [3.05, 3.63) is 76.9 Å². The number of amides is 2. The zero-order valence-electron chi connectivity index (χ0n) is 19.9. The van der Waals surface area contributed by atoms with E-state index in [1.54, 1.807) is 11.8 Å². The molecule has 1 aliphatic rings. The van der Waals surface area contributed by atoms with E-state index in [1.807, 2.05) is 54.6 Å². The molecule has 1 aliphatic heterocycles. The average molecular weight is 482 g/mol. The van der Waals surface area contributed by atoms with E-state index in [-0.39, 0.29) is 23.9 Å². The number of anilines is 1. The molecule has 180 valence electrons. The Labute approximate surface area is 206 Å². The molecule has 0 radical (unpaired) electrons. The van der Waals surface area contributed by atoms with Crippen LogP contribution in [0.15, 0.2) is 60.7 Å². The van der Waals surface area contributed by atoms with Gasteiger partial charge in [-0.25, -0.2) is 9.48 Å². The summed E-state index contributed by atoms with van der Waals surface area (Å²) in [5, 5.41) is 11.7. The summed E-state index contributed by atoms with van der Waals surface area (Å²) in [6, 6.07) is 19.3. The number of carbonyl (C=O) groups excluding carboxylic acids is 1. The van der Waals surface area contributed by atoms with Crippen molar-refractivity contribution >= 4 is 23.4 Å². The average Bonchev–Trinajstić information content (AvgIpc) is 3.42. The van der Waals surface area contributed by atoms with Crippen molar-refractivity contribution in [2.45, 2.75) is 31.7 Å². The lowest BCUT2D eigenvalue weighted by molar-refractivity contribution is 0.159. The number of aromatic nitrogens is 2. The van der Waals surface area contributed by atoms with Gasteiger partial charge in [0.2, 0.25) is 0 Å². The Morgan fingerprint density at radius 3 is 2.65 bits per heavy atom. The molecule has 0 unspecified atom stereocenters. The first kappa shape index (κ1) is 24.3. The topological polar surface area (TPSA) is 71.4 Å². The molecule has 0 aliphatic carbocycles. The van der Waals surface area contributed by atoms with E-state index in [0.29, 0.717) is 17.4 Å². The van der Waals surface area contributed by atoms with Crippen molar-refractivity contribution in [1.29, 1.82) is 0 Å². The van der Waals surface area contributed by atoms with Gasteiger partial charge in [-0.3, -0.25) is 10.2 Å². The van der Waals surface area contributed by atoms with Crippen LogP contribution in [0.25, 0.3) is 5.69 Å². The first-order chi connectivity index (χ1) is 16.4. The maximum Gasteiger partial charge on any atom is 0.320 e. The zero-order valence-corrected chi connectivity index (χ0v) is 20.6. The highest BCUT2D eigenvalue weighted by atomic mass is 35.5. The molecule has 0 saturated carbocycles. The number of rotatable bonds is 8. The third-order valence-corrected chi connectivity index (χ3v) is 6.40. The van der Waals surface area contributed by atoms with Gasteiger partial charge in [0, 0.05) is 43.8 Å². The fraction of sp³-hybridized carbons (Fsp3) is 0.385. The summed E-state index contributed by atoms with van der Waals surface area (Å²) in [5.74, 6) is 1.01. The molecule has 4 rings (SSSR count). The molecular weight excluding hydrogens is 450 g/mol. The van der Waals surface area contributed by atoms with E-state index in [4.69, 9.17) is 21.4 Å². The van der Waals surface area contributed by atoms with Crippen LogP contribution in [-0.4, -0.2) is 60.1 Å². The van der Waals surface area contributed by atoms with Crippen molar-refractivity contribution in [2.24, 2.45) is 0 Å². The molecule has 0 bridgehead atoms. The molecule has 2 atom stereocenters. The molecule has 3 aromatic rings. The van der Waals surface area contributed by atoms with Crippen LogP contribution in [0, 0.1) is 0 Å². The molecule has 1 saturated heterocycles. The second-order valence-corrected chi connectivity index (χ2v) is 9.41. The number of carbonyl (C=O) groups is 1. The lowest BCUT2D eigenvalue weighted by Gasteiger charge is -2.21. The highest BCUT2D eigenvalue weighted by Gasteiger charge is 2.35. The normalized spacial score (nSPS) is 18.4. The number of benzene rings is 2. The SMILES string of the molecule is COCCN1C[C@@H](NC(=O)Nc2cc(C(C)C)nn2-c2ccccc2)[C@H](c2cccc(Cl)c2)C1. The molecule has 2 aromatic carbocycles. The maximum absolute atomic E-state index is 13.2. The van der Waals surface area contributed by atoms with E-state index >= 15 is 0 Å². The number of halogens is 1. The first-order valence-corrected chi connectivity index (χ1v) is 12.0. The molecule has 0 spiro atoms. The Balaban J connectivity index is 1.53. The second-order valence-electron chi connectivity index (χ2n) is 8.98. The highest BCUT2D eigenvalue weighted by Crippen LogP contribution is 2.29. The molecule has 2 heterocycles. The maximum atomic E-state index is 13.2. The third kappa shape index (κ3) is 5.78. The predicted molar refractivity (Wildman–Crippen MR) is 136 cm³/mol. The summed E-state index contributed by atoms with van der Waals surface area (Å²) < 4.78 is 7.04. The smallest absolute Gasteiger partial charge is 0.320 e. The van der Waals surface area contributed by atoms with Crippen molar-refractivity contribution < 1.29 is 9.53 Å². The second kappa shape index (κ2) is 11.0. The lowest BCUT2D eigenvalue weighted by atomic mass is 9.94. The number of likely N-dealkylation sites (tertiary alicyclic amines) is 1. The minimum atomic E-state index is -0.252. The molecule has 1 fully saturated rings. The number of hydrogen-bond donors (Lipinski definition) is 2. The number of para-hydroxylation sites is 1. The van der Waals surface area contributed by atoms with Crippen LogP contribution < -0.4 is 10.6 Å². The van der Waals surface area contributed by atoms with E-state index in [9.17, 15) is 4.79 Å². The van der Waals surface area contributed by atoms with E-state index in [1.165, 1.54) is 0 Å². The molecule has 1 aromatic heterocycles. The van der Waals surface area contributed by atoms with Gasteiger partial charge in [-0.15, -0.1) is 0 Å². The van der Waals surface area contributed by atoms with Crippen molar-refractivity contribution in [1.82, 2.24) is 20.0 Å². The van der Waals surface area contributed by atoms with E-state index in [2.05, 4.69) is 35.4 Å². The van der Waals surface area contributed by atoms with Crippen LogP contribution >= 0.6 is 11.6 Å². The summed E-state index contributed by atoms with van der Waals surface area (Å²) in [7, 11) is 1.70. The van der Waals surface area contributed by atoms with Gasteiger partial charge in [-0.1, -0.05) is 55.8 Å².